The summed E-state index contributed by atoms with van der Waals surface area (Å²) in [5, 5.41) is 2.78. The lowest BCUT2D eigenvalue weighted by Gasteiger charge is -2.21. The number of rotatable bonds is 6. The van der Waals surface area contributed by atoms with E-state index < -0.39 is 21.5 Å². The van der Waals surface area contributed by atoms with E-state index in [0.29, 0.717) is 18.0 Å². The molecule has 0 aliphatic rings. The van der Waals surface area contributed by atoms with Gasteiger partial charge in [-0.2, -0.15) is 0 Å². The molecule has 0 heterocycles. The molecule has 1 amide bonds. The second-order valence-corrected chi connectivity index (χ2v) is 8.94. The number of sulfonamides is 1. The number of amides is 1. The molecular weight excluding hydrogens is 388 g/mol. The van der Waals surface area contributed by atoms with Gasteiger partial charge in [-0.25, -0.2) is 13.1 Å². The highest BCUT2D eigenvalue weighted by molar-refractivity contribution is 7.89. The Hall–Kier alpha value is -2.09. The fourth-order valence-corrected chi connectivity index (χ4v) is 4.30. The predicted molar refractivity (Wildman–Crippen MR) is 107 cm³/mol. The number of halogens is 1. The van der Waals surface area contributed by atoms with E-state index in [1.807, 2.05) is 6.92 Å². The third-order valence-electron chi connectivity index (χ3n) is 3.36. The monoisotopic (exact) mass is 410 g/mol. The van der Waals surface area contributed by atoms with Crippen LogP contribution in [0.15, 0.2) is 47.4 Å². The van der Waals surface area contributed by atoms with Gasteiger partial charge in [-0.05, 0) is 58.0 Å². The first-order valence-electron chi connectivity index (χ1n) is 8.40. The normalized spacial score (nSPS) is 11.9. The highest BCUT2D eigenvalue weighted by atomic mass is 35.5. The Morgan fingerprint density at radius 3 is 2.44 bits per heavy atom. The van der Waals surface area contributed by atoms with Crippen LogP contribution in [0.5, 0.6) is 5.75 Å². The largest absolute Gasteiger partial charge is 0.492 e. The highest BCUT2D eigenvalue weighted by Gasteiger charge is 2.25. The molecule has 0 atom stereocenters. The standard InChI is InChI=1S/C19H23ClN2O4S/c1-5-26-16-9-7-6-8-15(16)21-18(23)13-10-11-14(20)17(12-13)27(24,25)22-19(2,3)4/h6-12,22H,5H2,1-4H3,(H,21,23). The van der Waals surface area contributed by atoms with Gasteiger partial charge in [0.2, 0.25) is 10.0 Å². The second-order valence-electron chi connectivity index (χ2n) is 6.88. The van der Waals surface area contributed by atoms with E-state index in [0.717, 1.165) is 0 Å². The van der Waals surface area contributed by atoms with Crippen LogP contribution in [-0.4, -0.2) is 26.5 Å². The van der Waals surface area contributed by atoms with Crippen molar-refractivity contribution in [2.24, 2.45) is 0 Å². The van der Waals surface area contributed by atoms with Crippen LogP contribution in [-0.2, 0) is 10.0 Å². The first kappa shape index (κ1) is 21.2. The average molecular weight is 411 g/mol. The molecule has 0 unspecified atom stereocenters. The van der Waals surface area contributed by atoms with Crippen LogP contribution in [0.1, 0.15) is 38.1 Å². The fraction of sp³-hybridized carbons (Fsp3) is 0.316. The van der Waals surface area contributed by atoms with Crippen molar-refractivity contribution < 1.29 is 17.9 Å². The zero-order valence-electron chi connectivity index (χ0n) is 15.7. The van der Waals surface area contributed by atoms with E-state index in [1.165, 1.54) is 18.2 Å². The fourth-order valence-electron chi connectivity index (χ4n) is 2.35. The van der Waals surface area contributed by atoms with E-state index in [-0.39, 0.29) is 15.5 Å². The topological polar surface area (TPSA) is 84.5 Å². The minimum atomic E-state index is -3.88. The van der Waals surface area contributed by atoms with Gasteiger partial charge >= 0.3 is 0 Å². The first-order valence-corrected chi connectivity index (χ1v) is 10.3. The summed E-state index contributed by atoms with van der Waals surface area (Å²) < 4.78 is 33.2. The van der Waals surface area contributed by atoms with E-state index in [9.17, 15) is 13.2 Å². The Morgan fingerprint density at radius 2 is 1.81 bits per heavy atom. The SMILES string of the molecule is CCOc1ccccc1NC(=O)c1ccc(Cl)c(S(=O)(=O)NC(C)(C)C)c1. The van der Waals surface area contributed by atoms with Gasteiger partial charge in [-0.15, -0.1) is 0 Å². The number of para-hydroxylation sites is 2. The lowest BCUT2D eigenvalue weighted by Crippen LogP contribution is -2.40. The molecule has 2 aromatic carbocycles. The summed E-state index contributed by atoms with van der Waals surface area (Å²) in [5.74, 6) is 0.0654. The number of hydrogen-bond donors (Lipinski definition) is 2. The first-order chi connectivity index (χ1) is 12.5. The maximum atomic E-state index is 12.6. The minimum absolute atomic E-state index is 0.0398. The molecule has 0 aliphatic heterocycles. The summed E-state index contributed by atoms with van der Waals surface area (Å²) in [5.41, 5.74) is -0.0202. The van der Waals surface area contributed by atoms with Gasteiger partial charge in [0.25, 0.3) is 5.91 Å². The van der Waals surface area contributed by atoms with Crippen LogP contribution in [0.2, 0.25) is 5.02 Å². The van der Waals surface area contributed by atoms with Crippen molar-refractivity contribution in [2.75, 3.05) is 11.9 Å². The second kappa shape index (κ2) is 8.29. The smallest absolute Gasteiger partial charge is 0.255 e. The van der Waals surface area contributed by atoms with Crippen LogP contribution >= 0.6 is 11.6 Å². The number of benzene rings is 2. The Balaban J connectivity index is 2.34. The molecule has 8 heteroatoms. The highest BCUT2D eigenvalue weighted by Crippen LogP contribution is 2.27. The van der Waals surface area contributed by atoms with E-state index >= 15 is 0 Å². The zero-order valence-corrected chi connectivity index (χ0v) is 17.2. The maximum Gasteiger partial charge on any atom is 0.255 e. The maximum absolute atomic E-state index is 12.6. The Kier molecular flexibility index (Phi) is 6.51. The number of anilines is 1. The van der Waals surface area contributed by atoms with Crippen LogP contribution < -0.4 is 14.8 Å². The van der Waals surface area contributed by atoms with Crippen LogP contribution in [0.25, 0.3) is 0 Å². The van der Waals surface area contributed by atoms with E-state index in [4.69, 9.17) is 16.3 Å². The van der Waals surface area contributed by atoms with E-state index in [1.54, 1.807) is 45.0 Å². The van der Waals surface area contributed by atoms with Crippen molar-refractivity contribution in [3.8, 4) is 5.75 Å². The number of nitrogens with one attached hydrogen (secondary N) is 2. The molecule has 146 valence electrons. The predicted octanol–water partition coefficient (Wildman–Crippen LogP) is 4.07. The number of hydrogen-bond acceptors (Lipinski definition) is 4. The zero-order chi connectivity index (χ0) is 20.2. The molecule has 27 heavy (non-hydrogen) atoms. The minimum Gasteiger partial charge on any atom is -0.492 e. The van der Waals surface area contributed by atoms with Crippen molar-refractivity contribution in [3.05, 3.63) is 53.1 Å². The number of carbonyl (C=O) groups excluding carboxylic acids is 1. The molecule has 0 saturated heterocycles. The lowest BCUT2D eigenvalue weighted by atomic mass is 10.1. The molecule has 2 rings (SSSR count). The van der Waals surface area contributed by atoms with Crippen molar-refractivity contribution in [1.29, 1.82) is 0 Å². The van der Waals surface area contributed by atoms with Gasteiger partial charge in [-0.1, -0.05) is 23.7 Å². The molecule has 2 N–H and O–H groups in total. The Bertz CT molecular complexity index is 937. The quantitative estimate of drug-likeness (QED) is 0.751. The van der Waals surface area contributed by atoms with Gasteiger partial charge in [0, 0.05) is 11.1 Å². The van der Waals surface area contributed by atoms with Gasteiger partial charge < -0.3 is 10.1 Å². The van der Waals surface area contributed by atoms with Crippen molar-refractivity contribution in [1.82, 2.24) is 4.72 Å². The summed E-state index contributed by atoms with van der Waals surface area (Å²) in [6.07, 6.45) is 0. The number of ether oxygens (including phenoxy) is 1. The molecule has 0 aliphatic carbocycles. The van der Waals surface area contributed by atoms with Crippen LogP contribution in [0.3, 0.4) is 0 Å². The third kappa shape index (κ3) is 5.69. The van der Waals surface area contributed by atoms with Crippen LogP contribution in [0.4, 0.5) is 5.69 Å². The number of carbonyl (C=O) groups is 1. The summed E-state index contributed by atoms with van der Waals surface area (Å²) in [6.45, 7) is 7.46. The summed E-state index contributed by atoms with van der Waals surface area (Å²) in [4.78, 5) is 12.5. The van der Waals surface area contributed by atoms with Gasteiger partial charge in [0.15, 0.2) is 0 Å². The molecule has 2 aromatic rings. The van der Waals surface area contributed by atoms with Crippen LogP contribution in [0, 0.1) is 0 Å². The van der Waals surface area contributed by atoms with Crippen molar-refractivity contribution in [2.45, 2.75) is 38.1 Å². The van der Waals surface area contributed by atoms with Crippen molar-refractivity contribution >= 4 is 33.2 Å². The molecular formula is C19H23ClN2O4S. The Labute approximate surface area is 164 Å². The average Bonchev–Trinajstić information content (AvgIpc) is 2.55. The molecule has 6 nitrogen and oxygen atoms in total. The van der Waals surface area contributed by atoms with E-state index in [2.05, 4.69) is 10.0 Å². The summed E-state index contributed by atoms with van der Waals surface area (Å²) in [6, 6.07) is 11.1. The molecule has 0 bridgehead atoms. The molecule has 0 spiro atoms. The summed E-state index contributed by atoms with van der Waals surface area (Å²) in [7, 11) is -3.88. The molecule has 0 fully saturated rings. The van der Waals surface area contributed by atoms with Crippen molar-refractivity contribution in [3.63, 3.8) is 0 Å². The van der Waals surface area contributed by atoms with Gasteiger partial charge in [0.1, 0.15) is 10.6 Å². The lowest BCUT2D eigenvalue weighted by molar-refractivity contribution is 0.102. The Morgan fingerprint density at radius 1 is 1.15 bits per heavy atom. The van der Waals surface area contributed by atoms with Gasteiger partial charge in [0.05, 0.1) is 17.3 Å². The molecule has 0 saturated carbocycles. The summed E-state index contributed by atoms with van der Waals surface area (Å²) >= 11 is 6.07. The molecule has 0 aromatic heterocycles. The van der Waals surface area contributed by atoms with Gasteiger partial charge in [-0.3, -0.25) is 4.79 Å². The third-order valence-corrected chi connectivity index (χ3v) is 5.60. The molecule has 0 radical (unpaired) electrons.